The molecule has 0 saturated carbocycles. The Balaban J connectivity index is 1.65. The van der Waals surface area contributed by atoms with Gasteiger partial charge in [0.15, 0.2) is 0 Å². The molecule has 0 spiro atoms. The Morgan fingerprint density at radius 1 is 0.750 bits per heavy atom. The lowest BCUT2D eigenvalue weighted by Gasteiger charge is -2.27. The van der Waals surface area contributed by atoms with Crippen LogP contribution < -0.4 is 15.6 Å². The molecule has 4 heteroatoms. The minimum Gasteiger partial charge on any atom is -0.457 e. The number of fused-ring (bicyclic) bond motifs is 2. The summed E-state index contributed by atoms with van der Waals surface area (Å²) in [6, 6.07) is 24.8. The number of carbonyl (C=O) groups is 1. The highest BCUT2D eigenvalue weighted by Gasteiger charge is 2.32. The number of nitrogens with one attached hydrogen (secondary N) is 2. The summed E-state index contributed by atoms with van der Waals surface area (Å²) >= 11 is 0. The quantitative estimate of drug-likeness (QED) is 0.716. The van der Waals surface area contributed by atoms with Crippen molar-refractivity contribution in [2.45, 2.75) is 5.92 Å². The van der Waals surface area contributed by atoms with Gasteiger partial charge in [0, 0.05) is 11.1 Å². The molecule has 0 aromatic heterocycles. The van der Waals surface area contributed by atoms with Crippen LogP contribution in [-0.4, -0.2) is 5.91 Å². The second-order valence-corrected chi connectivity index (χ2v) is 5.59. The zero-order valence-electron chi connectivity index (χ0n) is 12.9. The first-order valence-electron chi connectivity index (χ1n) is 7.79. The number of ether oxygens (including phenoxy) is 1. The van der Waals surface area contributed by atoms with Crippen molar-refractivity contribution in [2.75, 3.05) is 5.43 Å². The summed E-state index contributed by atoms with van der Waals surface area (Å²) in [6.45, 7) is 0. The third kappa shape index (κ3) is 2.58. The molecule has 0 fully saturated rings. The van der Waals surface area contributed by atoms with Crippen molar-refractivity contribution in [1.29, 1.82) is 0 Å². The van der Waals surface area contributed by atoms with Crippen molar-refractivity contribution in [3.8, 4) is 11.5 Å². The van der Waals surface area contributed by atoms with Gasteiger partial charge < -0.3 is 4.74 Å². The molecule has 118 valence electrons. The Labute approximate surface area is 140 Å². The highest BCUT2D eigenvalue weighted by Crippen LogP contribution is 2.43. The fourth-order valence-corrected chi connectivity index (χ4v) is 2.92. The van der Waals surface area contributed by atoms with Gasteiger partial charge in [-0.1, -0.05) is 54.6 Å². The molecule has 0 unspecified atom stereocenters. The maximum atomic E-state index is 12.9. The average molecular weight is 316 g/mol. The van der Waals surface area contributed by atoms with Crippen molar-refractivity contribution in [3.05, 3.63) is 90.0 Å². The Morgan fingerprint density at radius 2 is 1.29 bits per heavy atom. The Bertz CT molecular complexity index is 832. The van der Waals surface area contributed by atoms with Crippen LogP contribution in [0.5, 0.6) is 11.5 Å². The molecule has 4 rings (SSSR count). The molecule has 1 aliphatic rings. The minimum absolute atomic E-state index is 0.123. The molecule has 2 N–H and O–H groups in total. The number of hydrogen-bond acceptors (Lipinski definition) is 3. The number of anilines is 1. The van der Waals surface area contributed by atoms with E-state index in [1.165, 1.54) is 0 Å². The van der Waals surface area contributed by atoms with Crippen molar-refractivity contribution in [3.63, 3.8) is 0 Å². The van der Waals surface area contributed by atoms with Crippen LogP contribution in [0.2, 0.25) is 0 Å². The molecule has 0 saturated heterocycles. The molecule has 0 radical (unpaired) electrons. The first kappa shape index (κ1) is 14.3. The van der Waals surface area contributed by atoms with E-state index in [1.54, 1.807) is 0 Å². The number of para-hydroxylation sites is 3. The van der Waals surface area contributed by atoms with E-state index in [4.69, 9.17) is 4.74 Å². The lowest BCUT2D eigenvalue weighted by atomic mass is 9.87. The molecule has 1 aliphatic heterocycles. The summed E-state index contributed by atoms with van der Waals surface area (Å²) < 4.78 is 5.92. The second-order valence-electron chi connectivity index (χ2n) is 5.59. The second kappa shape index (κ2) is 6.08. The van der Waals surface area contributed by atoms with E-state index in [-0.39, 0.29) is 5.91 Å². The lowest BCUT2D eigenvalue weighted by Crippen LogP contribution is -2.35. The van der Waals surface area contributed by atoms with Gasteiger partial charge in [-0.15, -0.1) is 0 Å². The first-order chi connectivity index (χ1) is 11.8. The SMILES string of the molecule is O=C(NNc1ccccc1)C1c2ccccc2Oc2ccccc21. The van der Waals surface area contributed by atoms with E-state index in [0.717, 1.165) is 28.3 Å². The first-order valence-corrected chi connectivity index (χ1v) is 7.79. The molecule has 3 aromatic rings. The van der Waals surface area contributed by atoms with Gasteiger partial charge in [0.1, 0.15) is 11.5 Å². The maximum absolute atomic E-state index is 12.9. The number of rotatable bonds is 3. The Morgan fingerprint density at radius 3 is 1.92 bits per heavy atom. The molecule has 4 nitrogen and oxygen atoms in total. The largest absolute Gasteiger partial charge is 0.457 e. The van der Waals surface area contributed by atoms with Crippen molar-refractivity contribution in [1.82, 2.24) is 5.43 Å². The van der Waals surface area contributed by atoms with Gasteiger partial charge in [-0.25, -0.2) is 0 Å². The zero-order valence-corrected chi connectivity index (χ0v) is 12.9. The van der Waals surface area contributed by atoms with Crippen LogP contribution in [0.1, 0.15) is 17.0 Å². The molecule has 0 atom stereocenters. The Hall–Kier alpha value is -3.27. The van der Waals surface area contributed by atoms with E-state index >= 15 is 0 Å². The van der Waals surface area contributed by atoms with Crippen LogP contribution in [0.3, 0.4) is 0 Å². The number of benzene rings is 3. The molecule has 1 heterocycles. The van der Waals surface area contributed by atoms with Gasteiger partial charge in [0.25, 0.3) is 5.91 Å². The van der Waals surface area contributed by atoms with E-state index in [1.807, 2.05) is 78.9 Å². The molecule has 3 aromatic carbocycles. The summed E-state index contributed by atoms with van der Waals surface area (Å²) in [5, 5.41) is 0. The number of hydrogen-bond donors (Lipinski definition) is 2. The van der Waals surface area contributed by atoms with E-state index < -0.39 is 5.92 Å². The summed E-state index contributed by atoms with van der Waals surface area (Å²) in [6.07, 6.45) is 0. The van der Waals surface area contributed by atoms with Crippen LogP contribution >= 0.6 is 0 Å². The van der Waals surface area contributed by atoms with E-state index in [9.17, 15) is 4.79 Å². The smallest absolute Gasteiger partial charge is 0.250 e. The van der Waals surface area contributed by atoms with E-state index in [0.29, 0.717) is 0 Å². The van der Waals surface area contributed by atoms with Gasteiger partial charge in [0.05, 0.1) is 11.6 Å². The van der Waals surface area contributed by atoms with Crippen molar-refractivity contribution in [2.24, 2.45) is 0 Å². The number of carbonyl (C=O) groups excluding carboxylic acids is 1. The monoisotopic (exact) mass is 316 g/mol. The zero-order chi connectivity index (χ0) is 16.4. The molecule has 0 aliphatic carbocycles. The highest BCUT2D eigenvalue weighted by atomic mass is 16.5. The predicted molar refractivity (Wildman–Crippen MR) is 93.0 cm³/mol. The van der Waals surface area contributed by atoms with Crippen LogP contribution in [0.4, 0.5) is 5.69 Å². The lowest BCUT2D eigenvalue weighted by molar-refractivity contribution is -0.121. The molecular formula is C20H16N2O2. The standard InChI is InChI=1S/C20H16N2O2/c23-20(22-21-14-8-2-1-3-9-14)19-15-10-4-6-12-17(15)24-18-13-7-5-11-16(18)19/h1-13,19,21H,(H,22,23). The normalized spacial score (nSPS) is 12.5. The minimum atomic E-state index is -0.414. The summed E-state index contributed by atoms with van der Waals surface area (Å²) in [5.41, 5.74) is 8.33. The fourth-order valence-electron chi connectivity index (χ4n) is 2.92. The van der Waals surface area contributed by atoms with Crippen LogP contribution in [0.15, 0.2) is 78.9 Å². The summed E-state index contributed by atoms with van der Waals surface area (Å²) in [4.78, 5) is 12.9. The van der Waals surface area contributed by atoms with Crippen LogP contribution in [0, 0.1) is 0 Å². The molecule has 0 bridgehead atoms. The summed E-state index contributed by atoms with van der Waals surface area (Å²) in [7, 11) is 0. The van der Waals surface area contributed by atoms with Crippen molar-refractivity contribution < 1.29 is 9.53 Å². The fraction of sp³-hybridized carbons (Fsp3) is 0.0500. The van der Waals surface area contributed by atoms with Gasteiger partial charge in [-0.2, -0.15) is 0 Å². The van der Waals surface area contributed by atoms with Gasteiger partial charge in [-0.3, -0.25) is 15.6 Å². The summed E-state index contributed by atoms with van der Waals surface area (Å²) in [5.74, 6) is 0.900. The maximum Gasteiger partial charge on any atom is 0.250 e. The number of amides is 1. The predicted octanol–water partition coefficient (Wildman–Crippen LogP) is 4.07. The van der Waals surface area contributed by atoms with Gasteiger partial charge >= 0.3 is 0 Å². The van der Waals surface area contributed by atoms with Crippen LogP contribution in [-0.2, 0) is 4.79 Å². The van der Waals surface area contributed by atoms with Crippen molar-refractivity contribution >= 4 is 11.6 Å². The van der Waals surface area contributed by atoms with Gasteiger partial charge in [0.2, 0.25) is 0 Å². The molecular weight excluding hydrogens is 300 g/mol. The third-order valence-electron chi connectivity index (χ3n) is 4.05. The topological polar surface area (TPSA) is 50.4 Å². The molecule has 1 amide bonds. The van der Waals surface area contributed by atoms with Gasteiger partial charge in [-0.05, 0) is 24.3 Å². The van der Waals surface area contributed by atoms with E-state index in [2.05, 4.69) is 10.9 Å². The molecule has 24 heavy (non-hydrogen) atoms. The third-order valence-corrected chi connectivity index (χ3v) is 4.05. The Kier molecular flexibility index (Phi) is 3.63. The highest BCUT2D eigenvalue weighted by molar-refractivity contribution is 5.90. The van der Waals surface area contributed by atoms with Crippen LogP contribution in [0.25, 0.3) is 0 Å². The average Bonchev–Trinajstić information content (AvgIpc) is 2.65. The number of hydrazine groups is 1.